The highest BCUT2D eigenvalue weighted by Gasteiger charge is 2.20. The van der Waals surface area contributed by atoms with Gasteiger partial charge in [0, 0.05) is 17.1 Å². The van der Waals surface area contributed by atoms with Crippen molar-refractivity contribution in [1.82, 2.24) is 15.0 Å². The molecule has 4 aromatic rings. The number of thiophene rings is 1. The quantitative estimate of drug-likeness (QED) is 0.532. The second kappa shape index (κ2) is 6.18. The minimum atomic E-state index is 0.0120. The van der Waals surface area contributed by atoms with E-state index in [0.717, 1.165) is 22.6 Å². The minimum Gasteiger partial charge on any atom is -0.492 e. The minimum absolute atomic E-state index is 0.0120. The predicted octanol–water partition coefficient (Wildman–Crippen LogP) is 5.39. The second-order valence-corrected chi connectivity index (χ2v) is 7.54. The molecule has 1 saturated carbocycles. The Kier molecular flexibility index (Phi) is 3.68. The van der Waals surface area contributed by atoms with E-state index in [1.165, 1.54) is 36.2 Å². The number of benzene rings is 1. The van der Waals surface area contributed by atoms with Gasteiger partial charge < -0.3 is 5.11 Å². The molecule has 3 aromatic heterocycles. The Morgan fingerprint density at radius 1 is 1.00 bits per heavy atom. The average Bonchev–Trinajstić information content (AvgIpc) is 3.06. The molecule has 5 rings (SSSR count). The molecule has 0 aliphatic heterocycles. The van der Waals surface area contributed by atoms with Crippen LogP contribution in [0.25, 0.3) is 32.9 Å². The summed E-state index contributed by atoms with van der Waals surface area (Å²) in [6.07, 6.45) is 5.65. The lowest BCUT2D eigenvalue weighted by Gasteiger charge is -2.25. The molecular weight excluding hydrogens is 342 g/mol. The molecule has 1 aliphatic rings. The number of rotatable bonds is 3. The molecular formula is C21H17N3OS. The number of hydrogen-bond donors (Lipinski definition) is 1. The van der Waals surface area contributed by atoms with E-state index < -0.39 is 0 Å². The Labute approximate surface area is 155 Å². The summed E-state index contributed by atoms with van der Waals surface area (Å²) in [6.45, 7) is 0. The molecule has 0 unspecified atom stereocenters. The average molecular weight is 359 g/mol. The first-order valence-electron chi connectivity index (χ1n) is 8.79. The zero-order chi connectivity index (χ0) is 17.5. The van der Waals surface area contributed by atoms with Crippen molar-refractivity contribution < 1.29 is 5.11 Å². The third-order valence-corrected chi connectivity index (χ3v) is 6.05. The Morgan fingerprint density at radius 2 is 1.85 bits per heavy atom. The third-order valence-electron chi connectivity index (χ3n) is 5.09. The van der Waals surface area contributed by atoms with Gasteiger partial charge in [-0.1, -0.05) is 36.8 Å². The Hall–Kier alpha value is -2.79. The fourth-order valence-corrected chi connectivity index (χ4v) is 4.30. The van der Waals surface area contributed by atoms with Gasteiger partial charge in [-0.15, -0.1) is 11.3 Å². The lowest BCUT2D eigenvalue weighted by atomic mass is 9.80. The Morgan fingerprint density at radius 3 is 2.54 bits per heavy atom. The summed E-state index contributed by atoms with van der Waals surface area (Å²) >= 11 is 1.47. The molecule has 1 aliphatic carbocycles. The molecule has 0 bridgehead atoms. The highest BCUT2D eigenvalue weighted by molar-refractivity contribution is 7.18. The molecule has 5 heteroatoms. The zero-order valence-electron chi connectivity index (χ0n) is 14.1. The van der Waals surface area contributed by atoms with Gasteiger partial charge in [0.25, 0.3) is 0 Å². The van der Waals surface area contributed by atoms with Crippen LogP contribution < -0.4 is 0 Å². The van der Waals surface area contributed by atoms with Crippen LogP contribution in [0.4, 0.5) is 0 Å². The number of aromatic nitrogens is 3. The highest BCUT2D eigenvalue weighted by atomic mass is 32.1. The predicted molar refractivity (Wildman–Crippen MR) is 104 cm³/mol. The van der Waals surface area contributed by atoms with E-state index in [9.17, 15) is 5.11 Å². The van der Waals surface area contributed by atoms with Crippen molar-refractivity contribution in [3.05, 3.63) is 59.6 Å². The molecule has 128 valence electrons. The maximum atomic E-state index is 10.4. The lowest BCUT2D eigenvalue weighted by molar-refractivity contribution is 0.420. The summed E-state index contributed by atoms with van der Waals surface area (Å²) in [6, 6.07) is 14.4. The first-order chi connectivity index (χ1) is 12.8. The van der Waals surface area contributed by atoms with Crippen LogP contribution in [0.3, 0.4) is 0 Å². The Bertz CT molecular complexity index is 1070. The van der Waals surface area contributed by atoms with Crippen LogP contribution in [0.15, 0.2) is 54.0 Å². The van der Waals surface area contributed by atoms with Gasteiger partial charge in [0.2, 0.25) is 5.88 Å². The fraction of sp³-hybridized carbons (Fsp3) is 0.190. The highest BCUT2D eigenvalue weighted by Crippen LogP contribution is 2.40. The standard InChI is InChI=1S/C21H17N3OS/c25-21-19-18(23-20(24-21)17-6-1-2-11-22-17)16(12-26-19)15-9-7-14(8-10-15)13-4-3-5-13/h1-2,6-13H,3-5H2,(H,23,24,25). The summed E-state index contributed by atoms with van der Waals surface area (Å²) < 4.78 is 0.711. The van der Waals surface area contributed by atoms with Crippen molar-refractivity contribution in [2.75, 3.05) is 0 Å². The SMILES string of the molecule is Oc1nc(-c2ccccn2)nc2c(-c3ccc(C4CCC4)cc3)csc12. The van der Waals surface area contributed by atoms with Gasteiger partial charge in [-0.2, -0.15) is 4.98 Å². The summed E-state index contributed by atoms with van der Waals surface area (Å²) in [5.74, 6) is 1.18. The topological polar surface area (TPSA) is 58.9 Å². The van der Waals surface area contributed by atoms with Crippen LogP contribution in [-0.4, -0.2) is 20.1 Å². The van der Waals surface area contributed by atoms with E-state index in [4.69, 9.17) is 4.98 Å². The van der Waals surface area contributed by atoms with E-state index in [1.807, 2.05) is 23.6 Å². The van der Waals surface area contributed by atoms with Crippen molar-refractivity contribution in [3.63, 3.8) is 0 Å². The first-order valence-corrected chi connectivity index (χ1v) is 9.67. The summed E-state index contributed by atoms with van der Waals surface area (Å²) in [7, 11) is 0. The van der Waals surface area contributed by atoms with Crippen molar-refractivity contribution in [2.45, 2.75) is 25.2 Å². The summed E-state index contributed by atoms with van der Waals surface area (Å²) in [4.78, 5) is 13.2. The molecule has 0 saturated heterocycles. The van der Waals surface area contributed by atoms with Gasteiger partial charge in [-0.3, -0.25) is 4.98 Å². The van der Waals surface area contributed by atoms with Crippen LogP contribution in [0.5, 0.6) is 5.88 Å². The van der Waals surface area contributed by atoms with E-state index >= 15 is 0 Å². The van der Waals surface area contributed by atoms with Crippen LogP contribution in [0.2, 0.25) is 0 Å². The maximum absolute atomic E-state index is 10.4. The number of fused-ring (bicyclic) bond motifs is 1. The first kappa shape index (κ1) is 15.5. The van der Waals surface area contributed by atoms with Gasteiger partial charge in [-0.05, 0) is 42.0 Å². The normalized spacial score (nSPS) is 14.5. The molecule has 26 heavy (non-hydrogen) atoms. The molecule has 1 fully saturated rings. The summed E-state index contributed by atoms with van der Waals surface area (Å²) in [5.41, 5.74) is 5.00. The maximum Gasteiger partial charge on any atom is 0.233 e. The number of aromatic hydroxyl groups is 1. The van der Waals surface area contributed by atoms with Gasteiger partial charge in [0.1, 0.15) is 10.4 Å². The second-order valence-electron chi connectivity index (χ2n) is 6.66. The van der Waals surface area contributed by atoms with Crippen molar-refractivity contribution in [1.29, 1.82) is 0 Å². The molecule has 0 amide bonds. The van der Waals surface area contributed by atoms with Crippen LogP contribution in [0.1, 0.15) is 30.7 Å². The van der Waals surface area contributed by atoms with E-state index in [1.54, 1.807) is 6.20 Å². The monoisotopic (exact) mass is 359 g/mol. The van der Waals surface area contributed by atoms with Gasteiger partial charge in [-0.25, -0.2) is 4.98 Å². The smallest absolute Gasteiger partial charge is 0.233 e. The number of hydrogen-bond acceptors (Lipinski definition) is 5. The van der Waals surface area contributed by atoms with Crippen LogP contribution in [-0.2, 0) is 0 Å². The number of nitrogens with zero attached hydrogens (tertiary/aromatic N) is 3. The van der Waals surface area contributed by atoms with Crippen molar-refractivity contribution >= 4 is 21.6 Å². The largest absolute Gasteiger partial charge is 0.492 e. The zero-order valence-corrected chi connectivity index (χ0v) is 14.9. The fourth-order valence-electron chi connectivity index (χ4n) is 3.39. The van der Waals surface area contributed by atoms with Crippen molar-refractivity contribution in [3.8, 4) is 28.5 Å². The number of pyridine rings is 1. The molecule has 1 N–H and O–H groups in total. The molecule has 1 aromatic carbocycles. The van der Waals surface area contributed by atoms with E-state index in [-0.39, 0.29) is 5.88 Å². The van der Waals surface area contributed by atoms with Gasteiger partial charge >= 0.3 is 0 Å². The lowest BCUT2D eigenvalue weighted by Crippen LogP contribution is -2.08. The molecule has 0 atom stereocenters. The van der Waals surface area contributed by atoms with Crippen molar-refractivity contribution in [2.24, 2.45) is 0 Å². The van der Waals surface area contributed by atoms with E-state index in [0.29, 0.717) is 16.2 Å². The van der Waals surface area contributed by atoms with Crippen LogP contribution in [0, 0.1) is 0 Å². The van der Waals surface area contributed by atoms with Crippen LogP contribution >= 0.6 is 11.3 Å². The molecule has 0 spiro atoms. The molecule has 0 radical (unpaired) electrons. The Balaban J connectivity index is 1.60. The third kappa shape index (κ3) is 2.56. The molecule has 3 heterocycles. The van der Waals surface area contributed by atoms with Gasteiger partial charge in [0.15, 0.2) is 5.82 Å². The summed E-state index contributed by atoms with van der Waals surface area (Å²) in [5, 5.41) is 12.4. The van der Waals surface area contributed by atoms with E-state index in [2.05, 4.69) is 34.2 Å². The van der Waals surface area contributed by atoms with Gasteiger partial charge in [0.05, 0.1) is 5.52 Å². The molecule has 4 nitrogen and oxygen atoms in total.